The van der Waals surface area contributed by atoms with E-state index in [1.165, 1.54) is 32.8 Å². The van der Waals surface area contributed by atoms with Gasteiger partial charge in [-0.1, -0.05) is 52.4 Å². The van der Waals surface area contributed by atoms with Crippen LogP contribution >= 0.6 is 0 Å². The lowest BCUT2D eigenvalue weighted by Gasteiger charge is -2.31. The van der Waals surface area contributed by atoms with E-state index in [-0.39, 0.29) is 24.5 Å². The smallest absolute Gasteiger partial charge is 0.308 e. The molecule has 1 saturated carbocycles. The lowest BCUT2D eigenvalue weighted by Crippen LogP contribution is -2.39. The van der Waals surface area contributed by atoms with Gasteiger partial charge in [-0.25, -0.2) is 0 Å². The first-order valence-electron chi connectivity index (χ1n) is 11.4. The van der Waals surface area contributed by atoms with Crippen molar-refractivity contribution in [2.45, 2.75) is 103 Å². The maximum absolute atomic E-state index is 12.1. The summed E-state index contributed by atoms with van der Waals surface area (Å²) in [7, 11) is 1.35. The second-order valence-corrected chi connectivity index (χ2v) is 8.91. The van der Waals surface area contributed by atoms with Crippen molar-refractivity contribution in [1.29, 1.82) is 0 Å². The van der Waals surface area contributed by atoms with Crippen molar-refractivity contribution < 1.29 is 29.3 Å². The summed E-state index contributed by atoms with van der Waals surface area (Å²) in [4.78, 5) is 23.8. The standard InChI is InChI=1S/C23H42O6/c1-17(9-5-4-6-11-18(2)16-24)10-7-8-12-22(26)29-21-15-19(23(27)28-3)13-14-20(21)25/h17-21,24-25H,4-16H2,1-3H3/t17?,18-,19+,20+,21-/m1/s1. The highest BCUT2D eigenvalue weighted by molar-refractivity contribution is 5.73. The van der Waals surface area contributed by atoms with Gasteiger partial charge in [0.1, 0.15) is 6.10 Å². The average molecular weight is 415 g/mol. The van der Waals surface area contributed by atoms with Crippen molar-refractivity contribution in [3.05, 3.63) is 0 Å². The molecule has 0 aliphatic heterocycles. The van der Waals surface area contributed by atoms with Gasteiger partial charge in [0.15, 0.2) is 0 Å². The van der Waals surface area contributed by atoms with Gasteiger partial charge in [-0.3, -0.25) is 9.59 Å². The van der Waals surface area contributed by atoms with Gasteiger partial charge in [-0.2, -0.15) is 0 Å². The van der Waals surface area contributed by atoms with E-state index in [0.29, 0.717) is 37.5 Å². The highest BCUT2D eigenvalue weighted by Gasteiger charge is 2.35. The Morgan fingerprint density at radius 2 is 1.59 bits per heavy atom. The van der Waals surface area contributed by atoms with Crippen LogP contribution < -0.4 is 0 Å². The predicted molar refractivity (Wildman–Crippen MR) is 112 cm³/mol. The Labute approximate surface area is 176 Å². The summed E-state index contributed by atoms with van der Waals surface area (Å²) in [6.45, 7) is 4.63. The van der Waals surface area contributed by atoms with Crippen LogP contribution in [0.15, 0.2) is 0 Å². The summed E-state index contributed by atoms with van der Waals surface area (Å²) >= 11 is 0. The van der Waals surface area contributed by atoms with Gasteiger partial charge in [0.05, 0.1) is 19.1 Å². The van der Waals surface area contributed by atoms with Crippen molar-refractivity contribution >= 4 is 11.9 Å². The normalized spacial score (nSPS) is 24.0. The third-order valence-electron chi connectivity index (χ3n) is 6.11. The molecule has 170 valence electrons. The summed E-state index contributed by atoms with van der Waals surface area (Å²) in [5, 5.41) is 19.1. The quantitative estimate of drug-likeness (QED) is 0.330. The molecule has 2 N–H and O–H groups in total. The first-order chi connectivity index (χ1) is 13.9. The number of rotatable bonds is 14. The van der Waals surface area contributed by atoms with Crippen molar-refractivity contribution in [2.24, 2.45) is 17.8 Å². The molecular weight excluding hydrogens is 372 g/mol. The molecule has 0 radical (unpaired) electrons. The van der Waals surface area contributed by atoms with Crippen LogP contribution in [0, 0.1) is 17.8 Å². The molecule has 1 unspecified atom stereocenters. The molecule has 1 aliphatic rings. The molecule has 0 aromatic heterocycles. The molecule has 0 aromatic rings. The third kappa shape index (κ3) is 11.0. The number of carbonyl (C=O) groups is 2. The number of carbonyl (C=O) groups excluding carboxylic acids is 2. The number of aliphatic hydroxyl groups is 2. The van der Waals surface area contributed by atoms with Crippen molar-refractivity contribution in [3.8, 4) is 0 Å². The second kappa shape index (κ2) is 14.8. The fourth-order valence-corrected chi connectivity index (χ4v) is 4.01. The largest absolute Gasteiger partial charge is 0.469 e. The maximum atomic E-state index is 12.1. The molecule has 6 nitrogen and oxygen atoms in total. The number of aliphatic hydroxyl groups excluding tert-OH is 2. The van der Waals surface area contributed by atoms with E-state index >= 15 is 0 Å². The average Bonchev–Trinajstić information content (AvgIpc) is 2.71. The highest BCUT2D eigenvalue weighted by atomic mass is 16.6. The van der Waals surface area contributed by atoms with E-state index in [9.17, 15) is 14.7 Å². The zero-order valence-corrected chi connectivity index (χ0v) is 18.6. The molecule has 0 saturated heterocycles. The first-order valence-corrected chi connectivity index (χ1v) is 11.4. The number of ether oxygens (including phenoxy) is 2. The lowest BCUT2D eigenvalue weighted by atomic mass is 9.85. The molecule has 0 bridgehead atoms. The molecule has 5 atom stereocenters. The van der Waals surface area contributed by atoms with Gasteiger partial charge in [0, 0.05) is 19.4 Å². The molecule has 0 aromatic carbocycles. The summed E-state index contributed by atoms with van der Waals surface area (Å²) in [6, 6.07) is 0. The van der Waals surface area contributed by atoms with Gasteiger partial charge in [-0.05, 0) is 37.5 Å². The summed E-state index contributed by atoms with van der Waals surface area (Å²) < 4.78 is 10.2. The Morgan fingerprint density at radius 3 is 2.21 bits per heavy atom. The van der Waals surface area contributed by atoms with Crippen LogP contribution in [0.2, 0.25) is 0 Å². The Morgan fingerprint density at radius 1 is 0.966 bits per heavy atom. The second-order valence-electron chi connectivity index (χ2n) is 8.91. The maximum Gasteiger partial charge on any atom is 0.308 e. The number of hydrogen-bond donors (Lipinski definition) is 2. The molecular formula is C23H42O6. The SMILES string of the molecule is COC(=O)[C@H]1CC[C@H](O)[C@H](OC(=O)CCCCC(C)CCCCC[C@@H](C)CO)C1. The van der Waals surface area contributed by atoms with Crippen LogP contribution in [-0.4, -0.2) is 48.1 Å². The summed E-state index contributed by atoms with van der Waals surface area (Å²) in [6.07, 6.45) is 9.26. The Hall–Kier alpha value is -1.14. The Bertz CT molecular complexity index is 466. The topological polar surface area (TPSA) is 93.1 Å². The van der Waals surface area contributed by atoms with E-state index in [4.69, 9.17) is 14.6 Å². The molecule has 6 heteroatoms. The lowest BCUT2D eigenvalue weighted by molar-refractivity contribution is -0.164. The van der Waals surface area contributed by atoms with E-state index < -0.39 is 12.2 Å². The zero-order valence-electron chi connectivity index (χ0n) is 18.6. The fourth-order valence-electron chi connectivity index (χ4n) is 4.01. The molecule has 0 amide bonds. The number of hydrogen-bond acceptors (Lipinski definition) is 6. The fraction of sp³-hybridized carbons (Fsp3) is 0.913. The predicted octanol–water partition coefficient (Wildman–Crippen LogP) is 4.01. The van der Waals surface area contributed by atoms with Gasteiger partial charge < -0.3 is 19.7 Å². The molecule has 0 heterocycles. The van der Waals surface area contributed by atoms with Gasteiger partial charge >= 0.3 is 11.9 Å². The van der Waals surface area contributed by atoms with Crippen LogP contribution in [0.3, 0.4) is 0 Å². The minimum atomic E-state index is -0.694. The monoisotopic (exact) mass is 414 g/mol. The summed E-state index contributed by atoms with van der Waals surface area (Å²) in [5.74, 6) is 0.185. The Kier molecular flexibility index (Phi) is 13.2. The van der Waals surface area contributed by atoms with Crippen molar-refractivity contribution in [1.82, 2.24) is 0 Å². The van der Waals surface area contributed by atoms with E-state index in [2.05, 4.69) is 13.8 Å². The van der Waals surface area contributed by atoms with E-state index in [1.807, 2.05) is 0 Å². The summed E-state index contributed by atoms with van der Waals surface area (Å²) in [5.41, 5.74) is 0. The van der Waals surface area contributed by atoms with Crippen LogP contribution in [0.25, 0.3) is 0 Å². The minimum absolute atomic E-state index is 0.282. The number of unbranched alkanes of at least 4 members (excludes halogenated alkanes) is 3. The highest BCUT2D eigenvalue weighted by Crippen LogP contribution is 2.28. The van der Waals surface area contributed by atoms with E-state index in [0.717, 1.165) is 25.7 Å². The molecule has 0 spiro atoms. The van der Waals surface area contributed by atoms with Gasteiger partial charge in [0.25, 0.3) is 0 Å². The molecule has 1 fully saturated rings. The van der Waals surface area contributed by atoms with Crippen molar-refractivity contribution in [3.63, 3.8) is 0 Å². The molecule has 1 rings (SSSR count). The van der Waals surface area contributed by atoms with E-state index in [1.54, 1.807) is 0 Å². The van der Waals surface area contributed by atoms with Crippen LogP contribution in [0.1, 0.15) is 90.9 Å². The number of esters is 2. The van der Waals surface area contributed by atoms with Crippen LogP contribution in [0.4, 0.5) is 0 Å². The minimum Gasteiger partial charge on any atom is -0.469 e. The number of methoxy groups -OCH3 is 1. The Balaban J connectivity index is 2.11. The van der Waals surface area contributed by atoms with Gasteiger partial charge in [-0.15, -0.1) is 0 Å². The zero-order chi connectivity index (χ0) is 21.6. The van der Waals surface area contributed by atoms with Crippen molar-refractivity contribution in [2.75, 3.05) is 13.7 Å². The van der Waals surface area contributed by atoms with Gasteiger partial charge in [0.2, 0.25) is 0 Å². The van der Waals surface area contributed by atoms with Crippen LogP contribution in [-0.2, 0) is 19.1 Å². The molecule has 1 aliphatic carbocycles. The molecule has 29 heavy (non-hydrogen) atoms. The third-order valence-corrected chi connectivity index (χ3v) is 6.11. The van der Waals surface area contributed by atoms with Crippen LogP contribution in [0.5, 0.6) is 0 Å². The first kappa shape index (κ1) is 25.9.